The number of rotatable bonds is 6. The van der Waals surface area contributed by atoms with Gasteiger partial charge in [0.1, 0.15) is 16.5 Å². The Morgan fingerprint density at radius 2 is 1.56 bits per heavy atom. The molecule has 0 radical (unpaired) electrons. The summed E-state index contributed by atoms with van der Waals surface area (Å²) in [5, 5.41) is 1.18. The molecule has 9 heteroatoms. The maximum absolute atomic E-state index is 13.2. The zero-order valence-corrected chi connectivity index (χ0v) is 20.3. The van der Waals surface area contributed by atoms with Crippen LogP contribution in [0.1, 0.15) is 11.1 Å². The Labute approximate surface area is 211 Å². The highest BCUT2D eigenvalue weighted by Gasteiger charge is 2.35. The average molecular weight is 520 g/mol. The average Bonchev–Trinajstić information content (AvgIpc) is 3.13. The maximum Gasteiger partial charge on any atom is 0.339 e. The number of para-hydroxylation sites is 1. The topological polar surface area (TPSA) is 80.8 Å². The third-order valence-electron chi connectivity index (χ3n) is 5.54. The van der Waals surface area contributed by atoms with Crippen molar-refractivity contribution in [2.24, 2.45) is 0 Å². The summed E-state index contributed by atoms with van der Waals surface area (Å²) in [5.74, 6) is -0.916. The molecule has 5 rings (SSSR count). The zero-order valence-electron chi connectivity index (χ0n) is 18.6. The summed E-state index contributed by atoms with van der Waals surface area (Å²) in [4.78, 5) is 26.6. The lowest BCUT2D eigenvalue weighted by Crippen LogP contribution is -2.27. The van der Waals surface area contributed by atoms with Crippen LogP contribution in [0.3, 0.4) is 0 Å². The van der Waals surface area contributed by atoms with Crippen LogP contribution in [0.2, 0.25) is 0 Å². The number of fused-ring (bicyclic) bond motifs is 1. The van der Waals surface area contributed by atoms with Crippen LogP contribution in [0.15, 0.2) is 101 Å². The molecule has 4 aromatic carbocycles. The molecule has 0 unspecified atom stereocenters. The normalized spacial score (nSPS) is 15.1. The number of halogens is 1. The number of hydrogen-bond acceptors (Lipinski definition) is 6. The minimum atomic E-state index is -4.17. The van der Waals surface area contributed by atoms with Crippen LogP contribution in [0.25, 0.3) is 16.8 Å². The lowest BCUT2D eigenvalue weighted by molar-refractivity contribution is -0.123. The number of nitrogens with zero attached hydrogens (tertiary/aromatic N) is 1. The molecule has 1 heterocycles. The van der Waals surface area contributed by atoms with E-state index in [1.165, 1.54) is 48.5 Å². The van der Waals surface area contributed by atoms with Crippen molar-refractivity contribution in [3.8, 4) is 5.75 Å². The van der Waals surface area contributed by atoms with Gasteiger partial charge in [-0.2, -0.15) is 8.42 Å². The first-order chi connectivity index (χ1) is 17.3. The van der Waals surface area contributed by atoms with Crippen LogP contribution in [0.5, 0.6) is 5.75 Å². The van der Waals surface area contributed by atoms with E-state index in [2.05, 4.69) is 0 Å². The van der Waals surface area contributed by atoms with Crippen molar-refractivity contribution in [2.75, 3.05) is 0 Å². The van der Waals surface area contributed by atoms with Gasteiger partial charge in [0.15, 0.2) is 0 Å². The van der Waals surface area contributed by atoms with Gasteiger partial charge in [0.25, 0.3) is 11.1 Å². The second kappa shape index (κ2) is 9.60. The fraction of sp³-hybridized carbons (Fsp3) is 0.0370. The Kier molecular flexibility index (Phi) is 6.34. The van der Waals surface area contributed by atoms with E-state index in [9.17, 15) is 22.4 Å². The second-order valence-electron chi connectivity index (χ2n) is 7.98. The number of benzene rings is 4. The van der Waals surface area contributed by atoms with E-state index in [-0.39, 0.29) is 22.1 Å². The van der Waals surface area contributed by atoms with Crippen LogP contribution in [-0.2, 0) is 21.5 Å². The summed E-state index contributed by atoms with van der Waals surface area (Å²) in [6.07, 6.45) is 1.43. The number of thioether (sulfide) groups is 1. The molecule has 2 amide bonds. The molecule has 180 valence electrons. The Bertz CT molecular complexity index is 1630. The first-order valence-corrected chi connectivity index (χ1v) is 13.0. The largest absolute Gasteiger partial charge is 0.378 e. The molecule has 1 aliphatic heterocycles. The quantitative estimate of drug-likeness (QED) is 0.230. The maximum atomic E-state index is 13.2. The highest BCUT2D eigenvalue weighted by molar-refractivity contribution is 8.18. The van der Waals surface area contributed by atoms with Gasteiger partial charge in [-0.15, -0.1) is 0 Å². The van der Waals surface area contributed by atoms with Crippen LogP contribution >= 0.6 is 11.8 Å². The van der Waals surface area contributed by atoms with Gasteiger partial charge in [0.05, 0.1) is 11.4 Å². The molecule has 0 bridgehead atoms. The zero-order chi connectivity index (χ0) is 25.3. The van der Waals surface area contributed by atoms with E-state index < -0.39 is 27.1 Å². The SMILES string of the molecule is O=C1S/C(=C\c2ccccc2OS(=O)(=O)c2ccc3ccccc3c2)C(=O)N1Cc1ccc(F)cc1. The van der Waals surface area contributed by atoms with Gasteiger partial charge in [-0.3, -0.25) is 14.5 Å². The molecule has 1 saturated heterocycles. The Morgan fingerprint density at radius 3 is 2.33 bits per heavy atom. The first kappa shape index (κ1) is 23.8. The van der Waals surface area contributed by atoms with Crippen LogP contribution in [0.4, 0.5) is 9.18 Å². The van der Waals surface area contributed by atoms with Gasteiger partial charge in [-0.05, 0) is 64.5 Å². The molecule has 0 N–H and O–H groups in total. The second-order valence-corrected chi connectivity index (χ2v) is 10.5. The molecule has 0 aromatic heterocycles. The number of hydrogen-bond donors (Lipinski definition) is 0. The van der Waals surface area contributed by atoms with Crippen molar-refractivity contribution in [1.29, 1.82) is 0 Å². The fourth-order valence-electron chi connectivity index (χ4n) is 3.71. The number of carbonyl (C=O) groups excluding carboxylic acids is 2. The monoisotopic (exact) mass is 519 g/mol. The molecular formula is C27H18FNO5S2. The molecular weight excluding hydrogens is 501 g/mol. The minimum absolute atomic E-state index is 0.00320. The first-order valence-electron chi connectivity index (χ1n) is 10.8. The molecule has 36 heavy (non-hydrogen) atoms. The van der Waals surface area contributed by atoms with Gasteiger partial charge < -0.3 is 4.18 Å². The lowest BCUT2D eigenvalue weighted by atomic mass is 10.1. The summed E-state index contributed by atoms with van der Waals surface area (Å²) >= 11 is 0.743. The third-order valence-corrected chi connectivity index (χ3v) is 7.68. The van der Waals surface area contributed by atoms with Crippen molar-refractivity contribution in [2.45, 2.75) is 11.4 Å². The van der Waals surface area contributed by atoms with Crippen molar-refractivity contribution in [3.05, 3.63) is 113 Å². The van der Waals surface area contributed by atoms with E-state index in [1.807, 2.05) is 24.3 Å². The smallest absolute Gasteiger partial charge is 0.339 e. The van der Waals surface area contributed by atoms with Gasteiger partial charge in [0.2, 0.25) is 0 Å². The molecule has 4 aromatic rings. The Hall–Kier alpha value is -3.95. The number of carbonyl (C=O) groups is 2. The minimum Gasteiger partial charge on any atom is -0.378 e. The molecule has 1 aliphatic rings. The van der Waals surface area contributed by atoms with Gasteiger partial charge in [0, 0.05) is 5.56 Å². The molecule has 6 nitrogen and oxygen atoms in total. The van der Waals surface area contributed by atoms with Crippen LogP contribution < -0.4 is 4.18 Å². The molecule has 0 spiro atoms. The summed E-state index contributed by atoms with van der Waals surface area (Å²) in [6, 6.07) is 24.0. The summed E-state index contributed by atoms with van der Waals surface area (Å²) in [7, 11) is -4.17. The third kappa shape index (κ3) is 4.89. The highest BCUT2D eigenvalue weighted by Crippen LogP contribution is 2.35. The van der Waals surface area contributed by atoms with Crippen molar-refractivity contribution >= 4 is 49.9 Å². The van der Waals surface area contributed by atoms with Gasteiger partial charge in [-0.1, -0.05) is 60.7 Å². The van der Waals surface area contributed by atoms with Gasteiger partial charge in [-0.25, -0.2) is 4.39 Å². The van der Waals surface area contributed by atoms with Crippen molar-refractivity contribution in [1.82, 2.24) is 4.90 Å². The van der Waals surface area contributed by atoms with Crippen molar-refractivity contribution in [3.63, 3.8) is 0 Å². The molecule has 1 fully saturated rings. The van der Waals surface area contributed by atoms with E-state index in [0.29, 0.717) is 11.1 Å². The molecule has 0 aliphatic carbocycles. The summed E-state index contributed by atoms with van der Waals surface area (Å²) in [5.41, 5.74) is 0.930. The number of imide groups is 1. The predicted octanol–water partition coefficient (Wildman–Crippen LogP) is 5.98. The van der Waals surface area contributed by atoms with E-state index in [4.69, 9.17) is 4.18 Å². The predicted molar refractivity (Wildman–Crippen MR) is 136 cm³/mol. The van der Waals surface area contributed by atoms with E-state index in [1.54, 1.807) is 24.3 Å². The summed E-state index contributed by atoms with van der Waals surface area (Å²) in [6.45, 7) is -0.00320. The lowest BCUT2D eigenvalue weighted by Gasteiger charge is -2.12. The van der Waals surface area contributed by atoms with E-state index >= 15 is 0 Å². The summed E-state index contributed by atoms with van der Waals surface area (Å²) < 4.78 is 44.7. The van der Waals surface area contributed by atoms with Crippen molar-refractivity contribution < 1.29 is 26.6 Å². The Balaban J connectivity index is 1.41. The van der Waals surface area contributed by atoms with Crippen LogP contribution in [0, 0.1) is 5.82 Å². The fourth-order valence-corrected chi connectivity index (χ4v) is 5.53. The van der Waals surface area contributed by atoms with Gasteiger partial charge >= 0.3 is 10.1 Å². The standard InChI is InChI=1S/C27H18FNO5S2/c28-22-12-9-18(10-13-22)17-29-26(30)25(35-27(29)31)16-21-7-3-4-8-24(21)34-36(32,33)23-14-11-19-5-1-2-6-20(19)15-23/h1-16H,17H2/b25-16-. The Morgan fingerprint density at radius 1 is 0.861 bits per heavy atom. The molecule has 0 saturated carbocycles. The van der Waals surface area contributed by atoms with E-state index in [0.717, 1.165) is 27.4 Å². The van der Waals surface area contributed by atoms with Crippen LogP contribution in [-0.4, -0.2) is 24.5 Å². The molecule has 0 atom stereocenters. The highest BCUT2D eigenvalue weighted by atomic mass is 32.2. The number of amides is 2.